The predicted molar refractivity (Wildman–Crippen MR) is 72.6 cm³/mol. The molecule has 0 aromatic carbocycles. The van der Waals surface area contributed by atoms with Gasteiger partial charge in [-0.2, -0.15) is 0 Å². The fraction of sp³-hybridized carbons (Fsp3) is 0.929. The van der Waals surface area contributed by atoms with Gasteiger partial charge < -0.3 is 9.32 Å². The highest BCUT2D eigenvalue weighted by atomic mass is 31.0. The lowest BCUT2D eigenvalue weighted by atomic mass is 9.58. The lowest BCUT2D eigenvalue weighted by molar-refractivity contribution is -0.121. The molecular formula is C14H25O2P. The van der Waals surface area contributed by atoms with E-state index in [1.54, 1.807) is 0 Å². The van der Waals surface area contributed by atoms with E-state index in [0.29, 0.717) is 23.4 Å². The van der Waals surface area contributed by atoms with Crippen molar-refractivity contribution in [1.29, 1.82) is 0 Å². The highest BCUT2D eigenvalue weighted by molar-refractivity contribution is 7.09. The zero-order valence-corrected chi connectivity index (χ0v) is 12.4. The Morgan fingerprint density at radius 1 is 1.35 bits per heavy atom. The van der Waals surface area contributed by atoms with Crippen LogP contribution < -0.4 is 0 Å². The topological polar surface area (TPSA) is 26.3 Å². The van der Waals surface area contributed by atoms with Crippen LogP contribution >= 0.6 is 9.47 Å². The first-order chi connectivity index (χ1) is 7.95. The maximum absolute atomic E-state index is 11.3. The van der Waals surface area contributed by atoms with Crippen LogP contribution in [-0.2, 0) is 9.32 Å². The zero-order chi connectivity index (χ0) is 12.7. The van der Waals surface area contributed by atoms with E-state index in [9.17, 15) is 4.79 Å². The number of hydrogen-bond acceptors (Lipinski definition) is 2. The highest BCUT2D eigenvalue weighted by Gasteiger charge is 2.55. The molecule has 98 valence electrons. The Hall–Kier alpha value is 0.0600. The Morgan fingerprint density at radius 2 is 2.06 bits per heavy atom. The van der Waals surface area contributed by atoms with E-state index >= 15 is 0 Å². The van der Waals surface area contributed by atoms with Crippen LogP contribution in [0.2, 0.25) is 0 Å². The van der Waals surface area contributed by atoms with E-state index in [0.717, 1.165) is 6.29 Å². The molecule has 0 heterocycles. The number of carbonyl (C=O) groups excluding carboxylic acids is 1. The molecule has 0 amide bonds. The lowest BCUT2D eigenvalue weighted by Gasteiger charge is -2.47. The highest BCUT2D eigenvalue weighted by Crippen LogP contribution is 2.60. The Bertz CT molecular complexity index is 303. The molecule has 2 fully saturated rings. The Labute approximate surface area is 107 Å². The number of hydrogen-bond donors (Lipinski definition) is 0. The van der Waals surface area contributed by atoms with Crippen molar-refractivity contribution in [3.8, 4) is 0 Å². The monoisotopic (exact) mass is 256 g/mol. The molecule has 0 aromatic rings. The molecule has 2 aliphatic carbocycles. The third kappa shape index (κ3) is 2.08. The molecule has 0 N–H and O–H groups in total. The average molecular weight is 256 g/mol. The van der Waals surface area contributed by atoms with Crippen molar-refractivity contribution in [2.45, 2.75) is 59.0 Å². The van der Waals surface area contributed by atoms with E-state index in [4.69, 9.17) is 4.52 Å². The van der Waals surface area contributed by atoms with Crippen molar-refractivity contribution in [3.63, 3.8) is 0 Å². The summed E-state index contributed by atoms with van der Waals surface area (Å²) in [6, 6.07) is 0. The van der Waals surface area contributed by atoms with Crippen molar-refractivity contribution in [2.24, 2.45) is 22.7 Å². The number of carbonyl (C=O) groups is 1. The van der Waals surface area contributed by atoms with Gasteiger partial charge >= 0.3 is 0 Å². The SMILES string of the molecule is CC(C)(C=O)C1CCC2C(OP)CCC[C@@]21C. The standard InChI is InChI=1S/C14H25O2P/c1-13(2,9-15)12-7-6-10-11(16-17)5-4-8-14(10,12)3/h9-12H,4-8,17H2,1-3H3/t10?,11?,12?,14-/m0/s1. The second-order valence-electron chi connectivity index (χ2n) is 6.75. The van der Waals surface area contributed by atoms with Crippen molar-refractivity contribution in [1.82, 2.24) is 0 Å². The van der Waals surface area contributed by atoms with Crippen LogP contribution in [0.3, 0.4) is 0 Å². The molecular weight excluding hydrogens is 231 g/mol. The van der Waals surface area contributed by atoms with Gasteiger partial charge in [0, 0.05) is 14.9 Å². The van der Waals surface area contributed by atoms with Gasteiger partial charge in [0.2, 0.25) is 0 Å². The van der Waals surface area contributed by atoms with Crippen LogP contribution in [-0.4, -0.2) is 12.4 Å². The molecule has 4 unspecified atom stereocenters. The van der Waals surface area contributed by atoms with Gasteiger partial charge in [0.1, 0.15) is 6.29 Å². The van der Waals surface area contributed by atoms with E-state index in [2.05, 4.69) is 30.2 Å². The summed E-state index contributed by atoms with van der Waals surface area (Å²) in [5.41, 5.74) is 0.107. The number of fused-ring (bicyclic) bond motifs is 1. The summed E-state index contributed by atoms with van der Waals surface area (Å²) in [6.45, 7) is 6.59. The minimum absolute atomic E-state index is 0.188. The Balaban J connectivity index is 2.27. The molecule has 17 heavy (non-hydrogen) atoms. The van der Waals surface area contributed by atoms with Gasteiger partial charge in [-0.05, 0) is 42.9 Å². The van der Waals surface area contributed by atoms with E-state index in [-0.39, 0.29) is 5.41 Å². The number of rotatable bonds is 3. The fourth-order valence-electron chi connectivity index (χ4n) is 4.59. The molecule has 0 saturated heterocycles. The van der Waals surface area contributed by atoms with Gasteiger partial charge in [-0.1, -0.05) is 27.2 Å². The first kappa shape index (κ1) is 13.5. The smallest absolute Gasteiger partial charge is 0.125 e. The fourth-order valence-corrected chi connectivity index (χ4v) is 4.91. The summed E-state index contributed by atoms with van der Waals surface area (Å²) in [4.78, 5) is 11.3. The Kier molecular flexibility index (Phi) is 3.67. The third-order valence-corrected chi connectivity index (χ3v) is 5.79. The summed E-state index contributed by atoms with van der Waals surface area (Å²) >= 11 is 0. The van der Waals surface area contributed by atoms with E-state index in [1.807, 2.05) is 0 Å². The molecule has 0 aromatic heterocycles. The summed E-state index contributed by atoms with van der Waals surface area (Å²) < 4.78 is 5.59. The third-order valence-electron chi connectivity index (χ3n) is 5.44. The van der Waals surface area contributed by atoms with Gasteiger partial charge in [0.25, 0.3) is 0 Å². The van der Waals surface area contributed by atoms with Crippen LogP contribution in [0.4, 0.5) is 0 Å². The molecule has 2 aliphatic rings. The molecule has 0 aliphatic heterocycles. The minimum Gasteiger partial charge on any atom is -0.362 e. The van der Waals surface area contributed by atoms with E-state index in [1.165, 1.54) is 32.1 Å². The first-order valence-corrected chi connectivity index (χ1v) is 7.24. The molecule has 3 heteroatoms. The minimum atomic E-state index is -0.188. The Morgan fingerprint density at radius 3 is 2.65 bits per heavy atom. The summed E-state index contributed by atoms with van der Waals surface area (Å²) in [6.07, 6.45) is 7.61. The van der Waals surface area contributed by atoms with Crippen molar-refractivity contribution < 1.29 is 9.32 Å². The van der Waals surface area contributed by atoms with Crippen molar-refractivity contribution >= 4 is 15.8 Å². The van der Waals surface area contributed by atoms with Gasteiger partial charge in [0.05, 0.1) is 6.10 Å². The van der Waals surface area contributed by atoms with Crippen molar-refractivity contribution in [3.05, 3.63) is 0 Å². The predicted octanol–water partition coefficient (Wildman–Crippen LogP) is 3.60. The van der Waals surface area contributed by atoms with Crippen LogP contribution in [0.5, 0.6) is 0 Å². The number of aldehydes is 1. The maximum atomic E-state index is 11.3. The molecule has 5 atom stereocenters. The molecule has 0 spiro atoms. The van der Waals surface area contributed by atoms with Crippen LogP contribution in [0.25, 0.3) is 0 Å². The summed E-state index contributed by atoms with van der Waals surface area (Å²) in [5, 5.41) is 0. The molecule has 2 saturated carbocycles. The van der Waals surface area contributed by atoms with Crippen LogP contribution in [0.1, 0.15) is 52.9 Å². The van der Waals surface area contributed by atoms with Crippen LogP contribution in [0, 0.1) is 22.7 Å². The zero-order valence-electron chi connectivity index (χ0n) is 11.2. The lowest BCUT2D eigenvalue weighted by Crippen LogP contribution is -2.44. The van der Waals surface area contributed by atoms with Crippen LogP contribution in [0.15, 0.2) is 0 Å². The van der Waals surface area contributed by atoms with Crippen molar-refractivity contribution in [2.75, 3.05) is 0 Å². The van der Waals surface area contributed by atoms with Gasteiger partial charge in [-0.25, -0.2) is 0 Å². The second-order valence-corrected chi connectivity index (χ2v) is 7.02. The quantitative estimate of drug-likeness (QED) is 0.569. The van der Waals surface area contributed by atoms with Gasteiger partial charge in [0.15, 0.2) is 0 Å². The molecule has 0 radical (unpaired) electrons. The average Bonchev–Trinajstić information content (AvgIpc) is 2.66. The molecule has 2 rings (SSSR count). The largest absolute Gasteiger partial charge is 0.362 e. The van der Waals surface area contributed by atoms with Gasteiger partial charge in [-0.15, -0.1) is 0 Å². The van der Waals surface area contributed by atoms with E-state index < -0.39 is 0 Å². The second kappa shape index (κ2) is 4.63. The first-order valence-electron chi connectivity index (χ1n) is 6.77. The summed E-state index contributed by atoms with van der Waals surface area (Å²) in [5.74, 6) is 1.15. The maximum Gasteiger partial charge on any atom is 0.125 e. The normalized spacial score (nSPS) is 42.2. The molecule has 0 bridgehead atoms. The molecule has 2 nitrogen and oxygen atoms in total. The van der Waals surface area contributed by atoms with Gasteiger partial charge in [-0.3, -0.25) is 0 Å². The summed E-state index contributed by atoms with van der Waals surface area (Å²) in [7, 11) is 2.44.